The number of hydrogen-bond donors (Lipinski definition) is 1. The number of aryl methyl sites for hydroxylation is 1. The van der Waals surface area contributed by atoms with Crippen molar-refractivity contribution in [2.24, 2.45) is 5.10 Å². The molecule has 0 fully saturated rings. The number of aromatic nitrogens is 2. The number of halogens is 3. The minimum atomic E-state index is -4.53. The van der Waals surface area contributed by atoms with Gasteiger partial charge in [-0.15, -0.1) is 4.41 Å². The maximum atomic E-state index is 13.6. The number of sulfonamides is 1. The van der Waals surface area contributed by atoms with E-state index in [1.807, 2.05) is 0 Å². The topological polar surface area (TPSA) is 87.8 Å². The van der Waals surface area contributed by atoms with Crippen molar-refractivity contribution in [2.75, 3.05) is 0 Å². The summed E-state index contributed by atoms with van der Waals surface area (Å²) >= 11 is 4.92. The fraction of sp³-hybridized carbons (Fsp3) is 0.636. The largest absolute Gasteiger partial charge is 0.371 e. The molecule has 2 heterocycles. The van der Waals surface area contributed by atoms with E-state index in [2.05, 4.69) is 10.2 Å². The van der Waals surface area contributed by atoms with Gasteiger partial charge in [0.05, 0.1) is 11.9 Å². The number of aliphatic hydroxyl groups is 1. The zero-order valence-electron chi connectivity index (χ0n) is 12.1. The van der Waals surface area contributed by atoms with Crippen molar-refractivity contribution in [3.8, 4) is 0 Å². The smallest absolute Gasteiger partial charge is 0.363 e. The van der Waals surface area contributed by atoms with Crippen LogP contribution in [-0.4, -0.2) is 44.5 Å². The van der Waals surface area contributed by atoms with Crippen LogP contribution in [0.15, 0.2) is 16.2 Å². The standard InChI is InChI=1S/C11H15ClF2N4O3S/c1-4-17-8(3)9(6-15-17)22(20,21)18-10(19,11(12,13)14)5-7(2)16-18/h6,19H,4-5H2,1-3H3/t10-/m0/s1. The molecular formula is C11H15ClF2N4O3S. The summed E-state index contributed by atoms with van der Waals surface area (Å²) in [6.07, 6.45) is 0.341. The molecular weight excluding hydrogens is 342 g/mol. The quantitative estimate of drug-likeness (QED) is 0.828. The van der Waals surface area contributed by atoms with Gasteiger partial charge in [-0.25, -0.2) is 0 Å². The first-order valence-corrected chi connectivity index (χ1v) is 8.18. The zero-order chi connectivity index (χ0) is 16.9. The van der Waals surface area contributed by atoms with Gasteiger partial charge in [-0.2, -0.15) is 27.4 Å². The molecule has 0 unspecified atom stereocenters. The summed E-state index contributed by atoms with van der Waals surface area (Å²) in [4.78, 5) is -0.313. The second-order valence-electron chi connectivity index (χ2n) is 4.98. The van der Waals surface area contributed by atoms with E-state index in [9.17, 15) is 22.3 Å². The lowest BCUT2D eigenvalue weighted by atomic mass is 10.1. The molecule has 1 aliphatic heterocycles. The number of rotatable bonds is 4. The molecule has 0 radical (unpaired) electrons. The van der Waals surface area contributed by atoms with E-state index >= 15 is 0 Å². The van der Waals surface area contributed by atoms with E-state index in [1.165, 1.54) is 18.5 Å². The Kier molecular flexibility index (Phi) is 3.99. The molecule has 2 rings (SSSR count). The SMILES string of the molecule is CCn1ncc(S(=O)(=O)N2N=C(C)C[C@]2(O)C(F)(F)Cl)c1C. The van der Waals surface area contributed by atoms with Crippen LogP contribution in [-0.2, 0) is 16.6 Å². The van der Waals surface area contributed by atoms with E-state index in [0.717, 1.165) is 6.20 Å². The minimum Gasteiger partial charge on any atom is -0.363 e. The van der Waals surface area contributed by atoms with Gasteiger partial charge in [0.25, 0.3) is 15.7 Å². The van der Waals surface area contributed by atoms with E-state index in [4.69, 9.17) is 11.6 Å². The summed E-state index contributed by atoms with van der Waals surface area (Å²) in [5.74, 6) is 0. The highest BCUT2D eigenvalue weighted by Crippen LogP contribution is 2.44. The second-order valence-corrected chi connectivity index (χ2v) is 7.19. The van der Waals surface area contributed by atoms with Crippen molar-refractivity contribution in [3.05, 3.63) is 11.9 Å². The van der Waals surface area contributed by atoms with Crippen LogP contribution < -0.4 is 0 Å². The average Bonchev–Trinajstić information content (AvgIpc) is 2.90. The number of nitrogens with zero attached hydrogens (tertiary/aromatic N) is 4. The maximum Gasteiger partial charge on any atom is 0.371 e. The van der Waals surface area contributed by atoms with Gasteiger partial charge in [-0.3, -0.25) is 4.68 Å². The number of hydrazone groups is 1. The third-order valence-electron chi connectivity index (χ3n) is 3.40. The lowest BCUT2D eigenvalue weighted by molar-refractivity contribution is -0.175. The Bertz CT molecular complexity index is 728. The van der Waals surface area contributed by atoms with Gasteiger partial charge in [-0.05, 0) is 32.4 Å². The Morgan fingerprint density at radius 2 is 2.09 bits per heavy atom. The molecule has 1 aliphatic rings. The molecule has 1 N–H and O–H groups in total. The van der Waals surface area contributed by atoms with E-state index in [0.29, 0.717) is 6.54 Å². The molecule has 22 heavy (non-hydrogen) atoms. The predicted octanol–water partition coefficient (Wildman–Crippen LogP) is 1.50. The molecule has 0 saturated carbocycles. The van der Waals surface area contributed by atoms with Crippen molar-refractivity contribution in [1.82, 2.24) is 14.2 Å². The highest BCUT2D eigenvalue weighted by Gasteiger charge is 2.62. The van der Waals surface area contributed by atoms with Crippen LogP contribution in [0.1, 0.15) is 26.0 Å². The van der Waals surface area contributed by atoms with Crippen LogP contribution in [0.2, 0.25) is 0 Å². The van der Waals surface area contributed by atoms with Gasteiger partial charge in [0.15, 0.2) is 0 Å². The highest BCUT2D eigenvalue weighted by atomic mass is 35.5. The van der Waals surface area contributed by atoms with E-state index in [1.54, 1.807) is 6.92 Å². The molecule has 0 spiro atoms. The van der Waals surface area contributed by atoms with Crippen LogP contribution >= 0.6 is 11.6 Å². The summed E-state index contributed by atoms with van der Waals surface area (Å²) in [5.41, 5.74) is -2.88. The highest BCUT2D eigenvalue weighted by molar-refractivity contribution is 7.89. The van der Waals surface area contributed by atoms with Gasteiger partial charge < -0.3 is 5.11 Å². The van der Waals surface area contributed by atoms with Crippen molar-refractivity contribution in [2.45, 2.75) is 49.7 Å². The molecule has 11 heteroatoms. The summed E-state index contributed by atoms with van der Waals surface area (Å²) in [7, 11) is -4.53. The lowest BCUT2D eigenvalue weighted by Crippen LogP contribution is -2.56. The minimum absolute atomic E-state index is 0.0203. The zero-order valence-corrected chi connectivity index (χ0v) is 13.7. The van der Waals surface area contributed by atoms with Crippen LogP contribution in [0.25, 0.3) is 0 Å². The fourth-order valence-corrected chi connectivity index (χ4v) is 4.12. The van der Waals surface area contributed by atoms with E-state index < -0.39 is 27.6 Å². The Morgan fingerprint density at radius 3 is 2.55 bits per heavy atom. The molecule has 1 atom stereocenters. The Morgan fingerprint density at radius 1 is 1.50 bits per heavy atom. The summed E-state index contributed by atoms with van der Waals surface area (Å²) < 4.78 is 53.7. The summed E-state index contributed by atoms with van der Waals surface area (Å²) in [6.45, 7) is 4.96. The molecule has 1 aromatic heterocycles. The first kappa shape index (κ1) is 17.1. The monoisotopic (exact) mass is 356 g/mol. The molecule has 124 valence electrons. The summed E-state index contributed by atoms with van der Waals surface area (Å²) in [6, 6.07) is 0. The average molecular weight is 357 g/mol. The van der Waals surface area contributed by atoms with Crippen molar-refractivity contribution >= 4 is 27.3 Å². The van der Waals surface area contributed by atoms with Gasteiger partial charge in [-0.1, -0.05) is 0 Å². The van der Waals surface area contributed by atoms with Crippen molar-refractivity contribution in [3.63, 3.8) is 0 Å². The lowest BCUT2D eigenvalue weighted by Gasteiger charge is -2.34. The molecule has 1 aromatic rings. The maximum absolute atomic E-state index is 13.6. The van der Waals surface area contributed by atoms with Crippen molar-refractivity contribution in [1.29, 1.82) is 0 Å². The predicted molar refractivity (Wildman–Crippen MR) is 75.1 cm³/mol. The van der Waals surface area contributed by atoms with Crippen LogP contribution in [0.5, 0.6) is 0 Å². The normalized spacial score (nSPS) is 23.0. The van der Waals surface area contributed by atoms with Gasteiger partial charge in [0.2, 0.25) is 0 Å². The molecule has 0 aromatic carbocycles. The Hall–Kier alpha value is -1.26. The van der Waals surface area contributed by atoms with Crippen LogP contribution in [0.3, 0.4) is 0 Å². The van der Waals surface area contributed by atoms with Crippen molar-refractivity contribution < 1.29 is 22.3 Å². The Labute approximate surface area is 131 Å². The molecule has 0 saturated heterocycles. The summed E-state index contributed by atoms with van der Waals surface area (Å²) in [5, 5.41) is 13.3. The Balaban J connectivity index is 2.59. The van der Waals surface area contributed by atoms with E-state index in [-0.39, 0.29) is 20.7 Å². The fourth-order valence-electron chi connectivity index (χ4n) is 2.25. The molecule has 7 nitrogen and oxygen atoms in total. The first-order valence-electron chi connectivity index (χ1n) is 6.36. The first-order chi connectivity index (χ1) is 9.95. The molecule has 0 amide bonds. The third kappa shape index (κ3) is 2.38. The van der Waals surface area contributed by atoms with Gasteiger partial charge in [0, 0.05) is 18.7 Å². The van der Waals surface area contributed by atoms with Gasteiger partial charge in [0.1, 0.15) is 4.90 Å². The van der Waals surface area contributed by atoms with Crippen LogP contribution in [0, 0.1) is 6.92 Å². The second kappa shape index (κ2) is 5.14. The number of alkyl halides is 3. The third-order valence-corrected chi connectivity index (χ3v) is 5.50. The molecule has 0 aliphatic carbocycles. The van der Waals surface area contributed by atoms with Gasteiger partial charge >= 0.3 is 5.38 Å². The van der Waals surface area contributed by atoms with Crippen LogP contribution in [0.4, 0.5) is 8.78 Å². The number of hydrogen-bond acceptors (Lipinski definition) is 5. The molecule has 0 bridgehead atoms.